The van der Waals surface area contributed by atoms with E-state index in [2.05, 4.69) is 20.1 Å². The summed E-state index contributed by atoms with van der Waals surface area (Å²) in [7, 11) is 0. The molecule has 1 N–H and O–H groups in total. The number of ether oxygens (including phenoxy) is 2. The number of aromatic nitrogens is 1. The van der Waals surface area contributed by atoms with E-state index in [4.69, 9.17) is 13.9 Å². The van der Waals surface area contributed by atoms with E-state index < -0.39 is 0 Å². The first kappa shape index (κ1) is 22.5. The number of pyridine rings is 1. The molecule has 1 aliphatic carbocycles. The van der Waals surface area contributed by atoms with Crippen LogP contribution in [0.2, 0.25) is 0 Å². The van der Waals surface area contributed by atoms with Gasteiger partial charge in [0, 0.05) is 56.6 Å². The summed E-state index contributed by atoms with van der Waals surface area (Å²) in [6, 6.07) is 4.25. The van der Waals surface area contributed by atoms with Crippen LogP contribution < -0.4 is 10.2 Å². The fraction of sp³-hybridized carbons (Fsp3) is 0.680. The Kier molecular flexibility index (Phi) is 7.31. The van der Waals surface area contributed by atoms with E-state index in [-0.39, 0.29) is 18.2 Å². The lowest BCUT2D eigenvalue weighted by Crippen LogP contribution is -2.47. The Bertz CT molecular complexity index is 897. The molecule has 4 heterocycles. The van der Waals surface area contributed by atoms with Crippen LogP contribution in [-0.4, -0.2) is 74.1 Å². The van der Waals surface area contributed by atoms with Crippen molar-refractivity contribution in [3.05, 3.63) is 24.6 Å². The van der Waals surface area contributed by atoms with E-state index in [1.165, 1.54) is 19.3 Å². The molecule has 0 radical (unpaired) electrons. The third-order valence-electron chi connectivity index (χ3n) is 7.49. The maximum atomic E-state index is 12.2. The number of nitrogens with zero attached hydrogens (tertiary/aromatic N) is 3. The molecule has 180 valence electrons. The molecule has 2 aromatic heterocycles. The quantitative estimate of drug-likeness (QED) is 0.708. The topological polar surface area (TPSA) is 80.1 Å². The number of anilines is 1. The first-order valence-electron chi connectivity index (χ1n) is 12.6. The van der Waals surface area contributed by atoms with Gasteiger partial charge in [0.25, 0.3) is 0 Å². The number of hydrogen-bond donors (Lipinski definition) is 1. The fourth-order valence-electron chi connectivity index (χ4n) is 5.39. The molecule has 0 bridgehead atoms. The molecule has 1 saturated carbocycles. The summed E-state index contributed by atoms with van der Waals surface area (Å²) in [6.45, 7) is 6.63. The molecule has 0 unspecified atom stereocenters. The highest BCUT2D eigenvalue weighted by molar-refractivity contribution is 5.87. The standard InChI is InChI=1S/C25H36N4O4/c30-25(33-22-8-16-31-17-9-22)27-21-3-1-19(2-4-21)6-11-28-12-14-29(15-13-28)24-23-20(5-10-26-24)7-18-32-23/h5,7,10,18-19,21-22H,1-4,6,8-9,11-17H2,(H,27,30). The van der Waals surface area contributed by atoms with Crippen molar-refractivity contribution in [3.8, 4) is 0 Å². The second kappa shape index (κ2) is 10.7. The van der Waals surface area contributed by atoms with Crippen LogP contribution in [0.5, 0.6) is 0 Å². The van der Waals surface area contributed by atoms with E-state index in [1.54, 1.807) is 6.26 Å². The number of furan rings is 1. The molecule has 2 aliphatic heterocycles. The van der Waals surface area contributed by atoms with Crippen LogP contribution in [0.3, 0.4) is 0 Å². The zero-order chi connectivity index (χ0) is 22.5. The van der Waals surface area contributed by atoms with Crippen LogP contribution >= 0.6 is 0 Å². The van der Waals surface area contributed by atoms with E-state index in [1.807, 2.05) is 18.3 Å². The van der Waals surface area contributed by atoms with Crippen molar-refractivity contribution in [2.24, 2.45) is 5.92 Å². The van der Waals surface area contributed by atoms with E-state index >= 15 is 0 Å². The van der Waals surface area contributed by atoms with E-state index in [9.17, 15) is 4.79 Å². The predicted octanol–water partition coefficient (Wildman–Crippen LogP) is 3.80. The summed E-state index contributed by atoms with van der Waals surface area (Å²) in [5, 5.41) is 4.21. The third kappa shape index (κ3) is 5.79. The highest BCUT2D eigenvalue weighted by Crippen LogP contribution is 2.29. The Hall–Kier alpha value is -2.32. The lowest BCUT2D eigenvalue weighted by molar-refractivity contribution is 0.000273. The first-order valence-corrected chi connectivity index (χ1v) is 12.6. The van der Waals surface area contributed by atoms with Crippen molar-refractivity contribution >= 4 is 22.9 Å². The Morgan fingerprint density at radius 2 is 1.85 bits per heavy atom. The predicted molar refractivity (Wildman–Crippen MR) is 126 cm³/mol. The first-order chi connectivity index (χ1) is 16.2. The van der Waals surface area contributed by atoms with Crippen LogP contribution in [-0.2, 0) is 9.47 Å². The number of carbonyl (C=O) groups excluding carboxylic acids is 1. The lowest BCUT2D eigenvalue weighted by Gasteiger charge is -2.36. The summed E-state index contributed by atoms with van der Waals surface area (Å²) in [4.78, 5) is 21.7. The second-order valence-corrected chi connectivity index (χ2v) is 9.67. The molecule has 2 aromatic rings. The molecule has 0 spiro atoms. The fourth-order valence-corrected chi connectivity index (χ4v) is 5.39. The van der Waals surface area contributed by atoms with Gasteiger partial charge in [0.1, 0.15) is 6.10 Å². The van der Waals surface area contributed by atoms with Crippen LogP contribution in [0.25, 0.3) is 11.0 Å². The van der Waals surface area contributed by atoms with Gasteiger partial charge in [-0.1, -0.05) is 0 Å². The molecule has 3 fully saturated rings. The molecule has 5 rings (SSSR count). The van der Waals surface area contributed by atoms with E-state index in [0.717, 1.165) is 81.1 Å². The van der Waals surface area contributed by atoms with Gasteiger partial charge in [-0.2, -0.15) is 0 Å². The summed E-state index contributed by atoms with van der Waals surface area (Å²) in [6.07, 6.45) is 10.7. The molecule has 8 nitrogen and oxygen atoms in total. The molecular formula is C25H36N4O4. The maximum Gasteiger partial charge on any atom is 0.407 e. The monoisotopic (exact) mass is 456 g/mol. The average Bonchev–Trinajstić information content (AvgIpc) is 3.34. The number of amides is 1. The zero-order valence-corrected chi connectivity index (χ0v) is 19.4. The number of nitrogens with one attached hydrogen (secondary N) is 1. The summed E-state index contributed by atoms with van der Waals surface area (Å²) in [5.41, 5.74) is 0.896. The SMILES string of the molecule is O=C(NC1CCC(CCN2CCN(c3nccc4ccoc34)CC2)CC1)OC1CCOCC1. The minimum atomic E-state index is -0.247. The highest BCUT2D eigenvalue weighted by atomic mass is 16.6. The molecule has 1 amide bonds. The average molecular weight is 457 g/mol. The van der Waals surface area contributed by atoms with Gasteiger partial charge >= 0.3 is 6.09 Å². The Morgan fingerprint density at radius 1 is 1.06 bits per heavy atom. The molecule has 0 atom stereocenters. The van der Waals surface area contributed by atoms with Gasteiger partial charge in [-0.15, -0.1) is 0 Å². The van der Waals surface area contributed by atoms with Crippen molar-refractivity contribution in [1.82, 2.24) is 15.2 Å². The van der Waals surface area contributed by atoms with Crippen molar-refractivity contribution in [3.63, 3.8) is 0 Å². The zero-order valence-electron chi connectivity index (χ0n) is 19.4. The number of piperazine rings is 1. The van der Waals surface area contributed by atoms with Gasteiger partial charge in [-0.05, 0) is 56.7 Å². The molecule has 33 heavy (non-hydrogen) atoms. The molecule has 8 heteroatoms. The van der Waals surface area contributed by atoms with Crippen LogP contribution in [0.1, 0.15) is 44.9 Å². The molecular weight excluding hydrogens is 420 g/mol. The Morgan fingerprint density at radius 3 is 2.64 bits per heavy atom. The lowest BCUT2D eigenvalue weighted by atomic mass is 9.84. The van der Waals surface area contributed by atoms with Crippen LogP contribution in [0.15, 0.2) is 29.0 Å². The normalized spacial score (nSPS) is 25.3. The minimum Gasteiger partial charge on any atom is -0.460 e. The van der Waals surface area contributed by atoms with Gasteiger partial charge in [0.15, 0.2) is 11.4 Å². The number of alkyl carbamates (subject to hydrolysis) is 1. The van der Waals surface area contributed by atoms with Crippen molar-refractivity contribution in [1.29, 1.82) is 0 Å². The number of carbonyl (C=O) groups is 1. The maximum absolute atomic E-state index is 12.2. The summed E-state index contributed by atoms with van der Waals surface area (Å²) < 4.78 is 16.5. The highest BCUT2D eigenvalue weighted by Gasteiger charge is 2.26. The van der Waals surface area contributed by atoms with Gasteiger partial charge < -0.3 is 24.1 Å². The Labute approximate surface area is 195 Å². The molecule has 3 aliphatic rings. The van der Waals surface area contributed by atoms with Gasteiger partial charge in [-0.25, -0.2) is 9.78 Å². The second-order valence-electron chi connectivity index (χ2n) is 9.67. The third-order valence-corrected chi connectivity index (χ3v) is 7.49. The Balaban J connectivity index is 0.989. The van der Waals surface area contributed by atoms with Gasteiger partial charge in [-0.3, -0.25) is 4.90 Å². The van der Waals surface area contributed by atoms with E-state index in [0.29, 0.717) is 13.2 Å². The largest absolute Gasteiger partial charge is 0.460 e. The minimum absolute atomic E-state index is 0.0124. The van der Waals surface area contributed by atoms with Gasteiger partial charge in [0.05, 0.1) is 19.5 Å². The molecule has 2 saturated heterocycles. The number of hydrogen-bond acceptors (Lipinski definition) is 7. The van der Waals surface area contributed by atoms with Crippen molar-refractivity contribution < 1.29 is 18.7 Å². The van der Waals surface area contributed by atoms with Crippen molar-refractivity contribution in [2.75, 3.05) is 50.8 Å². The van der Waals surface area contributed by atoms with Crippen LogP contribution in [0, 0.1) is 5.92 Å². The van der Waals surface area contributed by atoms with Crippen molar-refractivity contribution in [2.45, 2.75) is 57.1 Å². The smallest absolute Gasteiger partial charge is 0.407 e. The number of fused-ring (bicyclic) bond motifs is 1. The summed E-state index contributed by atoms with van der Waals surface area (Å²) >= 11 is 0. The summed E-state index contributed by atoms with van der Waals surface area (Å²) in [5.74, 6) is 1.73. The van der Waals surface area contributed by atoms with Gasteiger partial charge in [0.2, 0.25) is 0 Å². The number of rotatable bonds is 6. The van der Waals surface area contributed by atoms with Crippen LogP contribution in [0.4, 0.5) is 10.6 Å². The molecule has 0 aromatic carbocycles.